The molecule has 27 heavy (non-hydrogen) atoms. The number of nitrogens with zero attached hydrogens (tertiary/aromatic N) is 4. The fraction of sp³-hybridized carbons (Fsp3) is 0.333. The van der Waals surface area contributed by atoms with E-state index in [4.69, 9.17) is 0 Å². The Balaban J connectivity index is 1.86. The van der Waals surface area contributed by atoms with Gasteiger partial charge in [-0.15, -0.1) is 0 Å². The summed E-state index contributed by atoms with van der Waals surface area (Å²) in [5.74, 6) is 1.45. The Labute approximate surface area is 177 Å². The molecule has 3 heterocycles. The van der Waals surface area contributed by atoms with Crippen molar-refractivity contribution in [3.63, 3.8) is 0 Å². The van der Waals surface area contributed by atoms with Crippen molar-refractivity contribution in [1.82, 2.24) is 13.9 Å². The molecule has 0 aliphatic carbocycles. The van der Waals surface area contributed by atoms with Gasteiger partial charge in [0, 0.05) is 0 Å². The first-order valence-corrected chi connectivity index (χ1v) is 13.3. The number of hydrogen-bond acceptors (Lipinski definition) is 5. The van der Waals surface area contributed by atoms with E-state index >= 15 is 0 Å². The van der Waals surface area contributed by atoms with Crippen molar-refractivity contribution < 1.29 is 29.9 Å². The number of halogens is 2. The third-order valence-electron chi connectivity index (χ3n) is 4.60. The Morgan fingerprint density at radius 3 is 2.67 bits per heavy atom. The molecule has 1 aliphatic heterocycles. The summed E-state index contributed by atoms with van der Waals surface area (Å²) >= 11 is 3.40. The zero-order valence-electron chi connectivity index (χ0n) is 14.9. The third-order valence-corrected chi connectivity index (χ3v) is 9.64. The van der Waals surface area contributed by atoms with Crippen LogP contribution in [0.1, 0.15) is 18.9 Å². The van der Waals surface area contributed by atoms with E-state index in [9.17, 15) is 8.42 Å². The molecule has 0 unspecified atom stereocenters. The van der Waals surface area contributed by atoms with Crippen LogP contribution in [0.3, 0.4) is 0 Å². The van der Waals surface area contributed by atoms with Crippen LogP contribution in [0, 0.1) is 12.8 Å². The van der Waals surface area contributed by atoms with Gasteiger partial charge in [0.05, 0.1) is 0 Å². The number of alkyl halides is 1. The molecule has 1 aliphatic rings. The van der Waals surface area contributed by atoms with E-state index < -0.39 is 10.0 Å². The molecule has 3 aromatic rings. The van der Waals surface area contributed by atoms with E-state index in [1.165, 1.54) is 21.1 Å². The van der Waals surface area contributed by atoms with E-state index in [0.717, 1.165) is 23.3 Å². The van der Waals surface area contributed by atoms with E-state index in [1.54, 1.807) is 30.5 Å². The summed E-state index contributed by atoms with van der Waals surface area (Å²) in [6, 6.07) is 6.86. The standard InChI is InChI=1S/C18H19BrIN4O2S/c1-12-3-5-14(6-4-12)27(25,26)24-10-15(19)16-17(21-11-22-18(16)24)23-9-13(2)7-8-20-23/h3-6,10-11,13H,7-9H2,1-2H3/q-1/t13-/m0/s1. The summed E-state index contributed by atoms with van der Waals surface area (Å²) in [6.07, 6.45) is 4.31. The number of rotatable bonds is 3. The van der Waals surface area contributed by atoms with Crippen LogP contribution in [-0.2, 0) is 10.0 Å². The summed E-state index contributed by atoms with van der Waals surface area (Å²) in [4.78, 5) is 9.07. The molecule has 9 heteroatoms. The zero-order chi connectivity index (χ0) is 19.2. The second-order valence-corrected chi connectivity index (χ2v) is 12.3. The third kappa shape index (κ3) is 3.49. The maximum atomic E-state index is 13.2. The minimum absolute atomic E-state index is 0.149. The Morgan fingerprint density at radius 2 is 1.96 bits per heavy atom. The summed E-state index contributed by atoms with van der Waals surface area (Å²) in [6.45, 7) is 5.14. The van der Waals surface area contributed by atoms with Crippen LogP contribution in [0.2, 0.25) is 0 Å². The summed E-state index contributed by atoms with van der Waals surface area (Å²) in [5.41, 5.74) is 1.43. The van der Waals surface area contributed by atoms with Crippen LogP contribution >= 0.6 is 15.9 Å². The van der Waals surface area contributed by atoms with Crippen LogP contribution < -0.4 is 24.6 Å². The number of aromatic nitrogens is 3. The van der Waals surface area contributed by atoms with Crippen molar-refractivity contribution >= 4 is 42.8 Å². The van der Waals surface area contributed by atoms with Crippen LogP contribution in [0.25, 0.3) is 11.0 Å². The van der Waals surface area contributed by atoms with Crippen LogP contribution in [0.4, 0.5) is 5.82 Å². The first kappa shape index (κ1) is 19.1. The molecule has 0 N–H and O–H groups in total. The topological polar surface area (TPSA) is 68.1 Å². The molecule has 2 aromatic heterocycles. The number of aryl methyl sites for hydroxylation is 1. The van der Waals surface area contributed by atoms with Crippen molar-refractivity contribution in [3.05, 3.63) is 46.8 Å². The van der Waals surface area contributed by atoms with Gasteiger partial charge in [-0.25, -0.2) is 0 Å². The minimum atomic E-state index is -3.73. The molecular weight excluding hydrogens is 543 g/mol. The van der Waals surface area contributed by atoms with Crippen molar-refractivity contribution in [2.75, 3.05) is 14.1 Å². The van der Waals surface area contributed by atoms with Gasteiger partial charge in [-0.05, 0) is 0 Å². The molecule has 0 amide bonds. The van der Waals surface area contributed by atoms with E-state index in [2.05, 4.69) is 35.9 Å². The first-order chi connectivity index (χ1) is 12.9. The van der Waals surface area contributed by atoms with Crippen LogP contribution in [0.5, 0.6) is 0 Å². The number of anilines is 1. The first-order valence-electron chi connectivity index (χ1n) is 8.58. The SMILES string of the molecule is Cc1ccc(S(=O)(=O)n2cc(Br)c3c(N4C[C@@H](C)CC[I-]4)ncnc32)cc1. The van der Waals surface area contributed by atoms with Crippen molar-refractivity contribution in [1.29, 1.82) is 0 Å². The van der Waals surface area contributed by atoms with Gasteiger partial charge in [-0.1, -0.05) is 0 Å². The molecule has 0 saturated carbocycles. The Kier molecular flexibility index (Phi) is 5.19. The maximum absolute atomic E-state index is 13.2. The van der Waals surface area contributed by atoms with Gasteiger partial charge in [0.15, 0.2) is 0 Å². The average Bonchev–Trinajstić information content (AvgIpc) is 3.00. The quantitative estimate of drug-likeness (QED) is 0.266. The summed E-state index contributed by atoms with van der Waals surface area (Å²) in [7, 11) is -3.73. The van der Waals surface area contributed by atoms with E-state index in [0.29, 0.717) is 16.0 Å². The van der Waals surface area contributed by atoms with Crippen molar-refractivity contribution in [2.45, 2.75) is 25.2 Å². The number of benzene rings is 1. The van der Waals surface area contributed by atoms with Gasteiger partial charge in [0.25, 0.3) is 0 Å². The van der Waals surface area contributed by atoms with Gasteiger partial charge in [0.1, 0.15) is 0 Å². The van der Waals surface area contributed by atoms with Gasteiger partial charge in [0.2, 0.25) is 0 Å². The monoisotopic (exact) mass is 561 g/mol. The average molecular weight is 562 g/mol. The van der Waals surface area contributed by atoms with Gasteiger partial charge in [-0.2, -0.15) is 0 Å². The van der Waals surface area contributed by atoms with E-state index in [1.807, 2.05) is 6.92 Å². The molecule has 0 spiro atoms. The molecule has 0 bridgehead atoms. The van der Waals surface area contributed by atoms with Gasteiger partial charge in [-0.3, -0.25) is 0 Å². The molecular formula is C18H19BrIN4O2S-. The predicted molar refractivity (Wildman–Crippen MR) is 105 cm³/mol. The van der Waals surface area contributed by atoms with Crippen molar-refractivity contribution in [3.8, 4) is 0 Å². The molecule has 144 valence electrons. The zero-order valence-corrected chi connectivity index (χ0v) is 19.5. The predicted octanol–water partition coefficient (Wildman–Crippen LogP) is 0.589. The molecule has 6 nitrogen and oxygen atoms in total. The second kappa shape index (κ2) is 7.32. The van der Waals surface area contributed by atoms with Gasteiger partial charge < -0.3 is 0 Å². The Hall–Kier alpha value is -1.20. The second-order valence-electron chi connectivity index (χ2n) is 6.73. The molecule has 1 saturated heterocycles. The fourth-order valence-electron chi connectivity index (χ4n) is 3.06. The van der Waals surface area contributed by atoms with E-state index in [-0.39, 0.29) is 26.4 Å². The normalized spacial score (nSPS) is 18.5. The molecule has 0 radical (unpaired) electrons. The Morgan fingerprint density at radius 1 is 1.22 bits per heavy atom. The number of hydrogen-bond donors (Lipinski definition) is 0. The Bertz CT molecular complexity index is 1100. The fourth-order valence-corrected chi connectivity index (χ4v) is 8.64. The summed E-state index contributed by atoms with van der Waals surface area (Å²) in [5, 5.41) is 0.766. The summed E-state index contributed by atoms with van der Waals surface area (Å²) < 4.78 is 31.9. The molecule has 4 rings (SSSR count). The van der Waals surface area contributed by atoms with Crippen LogP contribution in [0.15, 0.2) is 46.2 Å². The van der Waals surface area contributed by atoms with Gasteiger partial charge >= 0.3 is 179 Å². The van der Waals surface area contributed by atoms with Crippen molar-refractivity contribution in [2.24, 2.45) is 5.92 Å². The molecule has 1 aromatic carbocycles. The van der Waals surface area contributed by atoms with Crippen LogP contribution in [-0.4, -0.2) is 33.3 Å². The molecule has 1 fully saturated rings. The molecule has 1 atom stereocenters. The number of fused-ring (bicyclic) bond motifs is 1.